The number of aliphatic hydroxyl groups is 1. The Kier molecular flexibility index (Phi) is 7.72. The maximum absolute atomic E-state index is 15.5. The topological polar surface area (TPSA) is 96.9 Å². The van der Waals surface area contributed by atoms with Crippen molar-refractivity contribution >= 4 is 40.7 Å². The van der Waals surface area contributed by atoms with Crippen LogP contribution in [0.15, 0.2) is 78.9 Å². The van der Waals surface area contributed by atoms with E-state index < -0.39 is 40.8 Å². The Hall–Kier alpha value is -4.18. The minimum Gasteiger partial charge on any atom is -0.491 e. The van der Waals surface area contributed by atoms with Crippen molar-refractivity contribution in [1.82, 2.24) is 5.32 Å². The van der Waals surface area contributed by atoms with E-state index in [0.29, 0.717) is 27.8 Å². The normalized spacial score (nSPS) is 20.9. The Morgan fingerprint density at radius 2 is 1.60 bits per heavy atom. The van der Waals surface area contributed by atoms with E-state index in [1.54, 1.807) is 42.5 Å². The first-order valence-electron chi connectivity index (χ1n) is 13.4. The number of carbonyl (C=O) groups is 2. The van der Waals surface area contributed by atoms with Crippen LogP contribution in [0.5, 0.6) is 17.2 Å². The van der Waals surface area contributed by atoms with Gasteiger partial charge in [0.25, 0.3) is 0 Å². The zero-order valence-electron chi connectivity index (χ0n) is 22.4. The number of benzene rings is 4. The largest absolute Gasteiger partial charge is 0.491 e. The third-order valence-electron chi connectivity index (χ3n) is 7.78. The highest BCUT2D eigenvalue weighted by Crippen LogP contribution is 2.59. The highest BCUT2D eigenvalue weighted by molar-refractivity contribution is 6.31. The lowest BCUT2D eigenvalue weighted by Gasteiger charge is -2.46. The van der Waals surface area contributed by atoms with E-state index in [0.717, 1.165) is 0 Å². The molecular weight excluding hydrogens is 601 g/mol. The Bertz CT molecular complexity index is 1740. The van der Waals surface area contributed by atoms with E-state index >= 15 is 4.39 Å². The van der Waals surface area contributed by atoms with Gasteiger partial charge in [0.2, 0.25) is 11.8 Å². The first-order valence-corrected chi connectivity index (χ1v) is 14.1. The predicted octanol–water partition coefficient (Wildman–Crippen LogP) is 6.67. The summed E-state index contributed by atoms with van der Waals surface area (Å²) in [5.74, 6) is -2.29. The summed E-state index contributed by atoms with van der Waals surface area (Å²) in [4.78, 5) is 27.6. The van der Waals surface area contributed by atoms with E-state index in [4.69, 9.17) is 37.8 Å². The molecule has 1 spiro atoms. The Balaban J connectivity index is 1.54. The van der Waals surface area contributed by atoms with E-state index in [1.807, 2.05) is 0 Å². The molecule has 0 aliphatic carbocycles. The predicted molar refractivity (Wildman–Crippen MR) is 157 cm³/mol. The lowest BCUT2D eigenvalue weighted by Crippen LogP contribution is -2.57. The van der Waals surface area contributed by atoms with Crippen LogP contribution in [0.2, 0.25) is 10.0 Å². The fourth-order valence-corrected chi connectivity index (χ4v) is 6.39. The standard InChI is InChI=1S/C32H24Cl2F2N2O5/c33-17-2-9-26(36)22(13-17)25-16-29(40)38-30(32(25)24-8-1-18(34)14-27(24)37-31(32)41)23-15-19(35)3-10-28(23)43-21-6-4-20(5-7-21)42-12-11-39/h1-10,13-15,25,30,39H,11-12,16H2,(H,37,41)(H,38,40)/t25-,30+,32-/m0/s1. The Labute approximate surface area is 255 Å². The smallest absolute Gasteiger partial charge is 0.238 e. The highest BCUT2D eigenvalue weighted by Gasteiger charge is 2.62. The van der Waals surface area contributed by atoms with Gasteiger partial charge in [-0.1, -0.05) is 29.3 Å². The molecule has 1 fully saturated rings. The van der Waals surface area contributed by atoms with Crippen LogP contribution in [-0.2, 0) is 15.0 Å². The molecule has 3 N–H and O–H groups in total. The molecule has 11 heteroatoms. The van der Waals surface area contributed by atoms with Crippen LogP contribution in [0.4, 0.5) is 14.5 Å². The van der Waals surface area contributed by atoms with Gasteiger partial charge < -0.3 is 25.2 Å². The first kappa shape index (κ1) is 28.9. The minimum atomic E-state index is -1.65. The molecule has 3 atom stereocenters. The SMILES string of the molecule is O=C1C[C@@H](c2cc(Cl)ccc2F)[C@]2(C(=O)Nc3cc(Cl)ccc32)[C@@H](c2cc(F)ccc2Oc2ccc(OCCO)cc2)N1. The van der Waals surface area contributed by atoms with Crippen LogP contribution in [-0.4, -0.2) is 30.1 Å². The number of piperidine rings is 1. The number of ether oxygens (including phenoxy) is 2. The number of rotatable bonds is 7. The molecule has 0 radical (unpaired) electrons. The molecule has 4 aromatic carbocycles. The second kappa shape index (κ2) is 11.5. The summed E-state index contributed by atoms with van der Waals surface area (Å²) < 4.78 is 42.0. The van der Waals surface area contributed by atoms with Crippen molar-refractivity contribution in [3.63, 3.8) is 0 Å². The quantitative estimate of drug-likeness (QED) is 0.213. The minimum absolute atomic E-state index is 0.0719. The number of hydrogen-bond donors (Lipinski definition) is 3. The van der Waals surface area contributed by atoms with E-state index in [-0.39, 0.29) is 41.5 Å². The van der Waals surface area contributed by atoms with Crippen LogP contribution in [0.25, 0.3) is 0 Å². The summed E-state index contributed by atoms with van der Waals surface area (Å²) in [6.45, 7) is -0.0239. The molecule has 43 heavy (non-hydrogen) atoms. The van der Waals surface area contributed by atoms with Crippen molar-refractivity contribution in [2.24, 2.45) is 0 Å². The second-order valence-corrected chi connectivity index (χ2v) is 11.1. The summed E-state index contributed by atoms with van der Waals surface area (Å²) in [5, 5.41) is 15.3. The molecule has 2 aliphatic rings. The first-order chi connectivity index (χ1) is 20.7. The molecule has 0 unspecified atom stereocenters. The highest BCUT2D eigenvalue weighted by atomic mass is 35.5. The van der Waals surface area contributed by atoms with Crippen LogP contribution in [0.1, 0.15) is 35.1 Å². The van der Waals surface area contributed by atoms with E-state index in [1.165, 1.54) is 36.4 Å². The summed E-state index contributed by atoms with van der Waals surface area (Å²) >= 11 is 12.5. The number of fused-ring (bicyclic) bond motifs is 2. The summed E-state index contributed by atoms with van der Waals surface area (Å²) in [7, 11) is 0. The van der Waals surface area contributed by atoms with Gasteiger partial charge in [0.15, 0.2) is 0 Å². The van der Waals surface area contributed by atoms with Gasteiger partial charge in [-0.3, -0.25) is 9.59 Å². The maximum atomic E-state index is 15.5. The van der Waals surface area contributed by atoms with Crippen LogP contribution in [0, 0.1) is 11.6 Å². The van der Waals surface area contributed by atoms with Crippen LogP contribution < -0.4 is 20.1 Å². The fraction of sp³-hybridized carbons (Fsp3) is 0.188. The molecule has 0 bridgehead atoms. The van der Waals surface area contributed by atoms with Gasteiger partial charge in [-0.05, 0) is 83.9 Å². The zero-order valence-corrected chi connectivity index (χ0v) is 23.9. The number of halogens is 4. The molecule has 220 valence electrons. The average molecular weight is 625 g/mol. The second-order valence-electron chi connectivity index (χ2n) is 10.3. The third kappa shape index (κ3) is 5.18. The molecular formula is C32H24Cl2F2N2O5. The van der Waals surface area contributed by atoms with Gasteiger partial charge in [0.05, 0.1) is 12.6 Å². The van der Waals surface area contributed by atoms with Crippen molar-refractivity contribution in [3.8, 4) is 17.2 Å². The van der Waals surface area contributed by atoms with E-state index in [9.17, 15) is 14.0 Å². The summed E-state index contributed by atoms with van der Waals surface area (Å²) in [6.07, 6.45) is -0.246. The molecule has 0 aromatic heterocycles. The number of anilines is 1. The number of nitrogens with one attached hydrogen (secondary N) is 2. The van der Waals surface area contributed by atoms with Gasteiger partial charge in [0, 0.05) is 33.6 Å². The number of amides is 2. The average Bonchev–Trinajstić information content (AvgIpc) is 3.26. The summed E-state index contributed by atoms with van der Waals surface area (Å²) in [6, 6.07) is 17.9. The molecule has 2 heterocycles. The molecule has 7 nitrogen and oxygen atoms in total. The van der Waals surface area contributed by atoms with Gasteiger partial charge in [-0.2, -0.15) is 0 Å². The molecule has 6 rings (SSSR count). The lowest BCUT2D eigenvalue weighted by molar-refractivity contribution is -0.131. The molecule has 2 amide bonds. The van der Waals surface area contributed by atoms with Crippen molar-refractivity contribution in [2.75, 3.05) is 18.5 Å². The maximum Gasteiger partial charge on any atom is 0.238 e. The Morgan fingerprint density at radius 3 is 2.37 bits per heavy atom. The van der Waals surface area contributed by atoms with Gasteiger partial charge in [-0.15, -0.1) is 0 Å². The summed E-state index contributed by atoms with van der Waals surface area (Å²) in [5.41, 5.74) is -0.560. The molecule has 0 saturated carbocycles. The van der Waals surface area contributed by atoms with Crippen LogP contribution >= 0.6 is 23.2 Å². The lowest BCUT2D eigenvalue weighted by atomic mass is 9.59. The van der Waals surface area contributed by atoms with E-state index in [2.05, 4.69) is 10.6 Å². The van der Waals surface area contributed by atoms with Gasteiger partial charge >= 0.3 is 0 Å². The van der Waals surface area contributed by atoms with Crippen molar-refractivity contribution < 1.29 is 33.0 Å². The third-order valence-corrected chi connectivity index (χ3v) is 8.25. The monoisotopic (exact) mass is 624 g/mol. The van der Waals surface area contributed by atoms with Crippen molar-refractivity contribution in [2.45, 2.75) is 23.8 Å². The van der Waals surface area contributed by atoms with Gasteiger partial charge in [0.1, 0.15) is 40.9 Å². The van der Waals surface area contributed by atoms with Crippen molar-refractivity contribution in [1.29, 1.82) is 0 Å². The molecule has 4 aromatic rings. The fourth-order valence-electron chi connectivity index (χ4n) is 6.03. The zero-order chi connectivity index (χ0) is 30.3. The number of hydrogen-bond acceptors (Lipinski definition) is 5. The van der Waals surface area contributed by atoms with Crippen molar-refractivity contribution in [3.05, 3.63) is 117 Å². The van der Waals surface area contributed by atoms with Crippen LogP contribution in [0.3, 0.4) is 0 Å². The van der Waals surface area contributed by atoms with Gasteiger partial charge in [-0.25, -0.2) is 8.78 Å². The molecule has 2 aliphatic heterocycles. The molecule has 1 saturated heterocycles. The number of carbonyl (C=O) groups excluding carboxylic acids is 2. The Morgan fingerprint density at radius 1 is 0.884 bits per heavy atom. The number of aliphatic hydroxyl groups excluding tert-OH is 1.